The van der Waals surface area contributed by atoms with Crippen molar-refractivity contribution in [1.82, 2.24) is 15.5 Å². The minimum Gasteiger partial charge on any atom is -0.496 e. The lowest BCUT2D eigenvalue weighted by Gasteiger charge is -2.32. The zero-order valence-electron chi connectivity index (χ0n) is 14.1. The van der Waals surface area contributed by atoms with Crippen LogP contribution in [0.1, 0.15) is 18.4 Å². The van der Waals surface area contributed by atoms with Crippen LogP contribution in [-0.4, -0.2) is 36.3 Å². The molecule has 7 heteroatoms. The molecule has 1 aliphatic rings. The fourth-order valence-electron chi connectivity index (χ4n) is 3.05. The molecule has 1 aliphatic heterocycles. The molecule has 1 saturated heterocycles. The number of para-hydroxylation sites is 1. The Morgan fingerprint density at radius 3 is 2.92 bits per heavy atom. The first-order valence-corrected chi connectivity index (χ1v) is 8.69. The molecule has 3 rings (SSSR count). The van der Waals surface area contributed by atoms with Crippen LogP contribution in [0.25, 0.3) is 0 Å². The van der Waals surface area contributed by atoms with Crippen LogP contribution in [0.2, 0.25) is 5.15 Å². The number of aromatic nitrogens is 2. The Labute approximate surface area is 152 Å². The number of hydrogen-bond acceptors (Lipinski definition) is 5. The third-order valence-corrected chi connectivity index (χ3v) is 4.58. The van der Waals surface area contributed by atoms with E-state index in [1.165, 1.54) is 0 Å². The van der Waals surface area contributed by atoms with Gasteiger partial charge >= 0.3 is 0 Å². The van der Waals surface area contributed by atoms with Crippen molar-refractivity contribution >= 4 is 23.3 Å². The maximum Gasteiger partial charge on any atom is 0.225 e. The van der Waals surface area contributed by atoms with Gasteiger partial charge in [-0.25, -0.2) is 0 Å². The van der Waals surface area contributed by atoms with E-state index < -0.39 is 0 Å². The number of benzene rings is 1. The second-order valence-corrected chi connectivity index (χ2v) is 6.42. The molecule has 0 unspecified atom stereocenters. The molecule has 1 atom stereocenters. The van der Waals surface area contributed by atoms with Gasteiger partial charge in [0.05, 0.1) is 13.0 Å². The number of hydrogen-bond donors (Lipinski definition) is 1. The predicted molar refractivity (Wildman–Crippen MR) is 96.8 cm³/mol. The largest absolute Gasteiger partial charge is 0.496 e. The molecule has 25 heavy (non-hydrogen) atoms. The van der Waals surface area contributed by atoms with Gasteiger partial charge in [0.15, 0.2) is 11.0 Å². The number of carbonyl (C=O) groups is 1. The third kappa shape index (κ3) is 4.39. The van der Waals surface area contributed by atoms with Crippen LogP contribution in [-0.2, 0) is 11.3 Å². The molecule has 2 heterocycles. The molecule has 0 bridgehead atoms. The Kier molecular flexibility index (Phi) is 5.71. The normalized spacial score (nSPS) is 17.2. The number of nitrogens with one attached hydrogen (secondary N) is 1. The summed E-state index contributed by atoms with van der Waals surface area (Å²) in [7, 11) is 1.63. The van der Waals surface area contributed by atoms with E-state index in [2.05, 4.69) is 20.4 Å². The first-order chi connectivity index (χ1) is 12.2. The summed E-state index contributed by atoms with van der Waals surface area (Å²) in [6, 6.07) is 11.3. The topological polar surface area (TPSA) is 67.3 Å². The van der Waals surface area contributed by atoms with Gasteiger partial charge in [-0.15, -0.1) is 10.2 Å². The molecule has 6 nitrogen and oxygen atoms in total. The Balaban J connectivity index is 1.59. The molecular weight excluding hydrogens is 340 g/mol. The number of nitrogens with zero attached hydrogens (tertiary/aromatic N) is 3. The summed E-state index contributed by atoms with van der Waals surface area (Å²) in [5, 5.41) is 11.4. The Bertz CT molecular complexity index is 723. The van der Waals surface area contributed by atoms with E-state index in [0.29, 0.717) is 18.2 Å². The number of amides is 1. The number of carbonyl (C=O) groups excluding carboxylic acids is 1. The number of rotatable bonds is 5. The van der Waals surface area contributed by atoms with Gasteiger partial charge in [0, 0.05) is 25.2 Å². The summed E-state index contributed by atoms with van der Waals surface area (Å²) < 4.78 is 5.32. The first kappa shape index (κ1) is 17.5. The van der Waals surface area contributed by atoms with Crippen molar-refractivity contribution in [2.45, 2.75) is 19.4 Å². The molecule has 132 valence electrons. The van der Waals surface area contributed by atoms with E-state index in [0.717, 1.165) is 36.5 Å². The summed E-state index contributed by atoms with van der Waals surface area (Å²) in [6.07, 6.45) is 1.81. The third-order valence-electron chi connectivity index (χ3n) is 4.38. The lowest BCUT2D eigenvalue weighted by Crippen LogP contribution is -2.43. The summed E-state index contributed by atoms with van der Waals surface area (Å²) >= 11 is 5.79. The van der Waals surface area contributed by atoms with Crippen molar-refractivity contribution in [3.63, 3.8) is 0 Å². The van der Waals surface area contributed by atoms with Crippen molar-refractivity contribution < 1.29 is 9.53 Å². The Morgan fingerprint density at radius 2 is 2.16 bits per heavy atom. The van der Waals surface area contributed by atoms with E-state index in [4.69, 9.17) is 16.3 Å². The zero-order valence-corrected chi connectivity index (χ0v) is 14.9. The van der Waals surface area contributed by atoms with Gasteiger partial charge in [0.2, 0.25) is 5.91 Å². The standard InChI is InChI=1S/C18H21ClN4O2/c1-25-15-7-3-2-5-13(15)11-20-18(24)14-6-4-10-23(12-14)17-9-8-16(19)21-22-17/h2-3,5,7-9,14H,4,6,10-12H2,1H3,(H,20,24)/t14-/m0/s1. The van der Waals surface area contributed by atoms with Crippen LogP contribution < -0.4 is 15.0 Å². The number of piperidine rings is 1. The van der Waals surface area contributed by atoms with Gasteiger partial charge in [0.1, 0.15) is 5.75 Å². The second-order valence-electron chi connectivity index (χ2n) is 6.03. The van der Waals surface area contributed by atoms with Gasteiger partial charge in [0.25, 0.3) is 0 Å². The van der Waals surface area contributed by atoms with Crippen molar-refractivity contribution in [2.75, 3.05) is 25.1 Å². The smallest absolute Gasteiger partial charge is 0.225 e. The van der Waals surface area contributed by atoms with E-state index in [1.54, 1.807) is 13.2 Å². The molecule has 0 radical (unpaired) electrons. The average Bonchev–Trinajstić information content (AvgIpc) is 2.67. The summed E-state index contributed by atoms with van der Waals surface area (Å²) in [4.78, 5) is 14.6. The van der Waals surface area contributed by atoms with Crippen molar-refractivity contribution in [1.29, 1.82) is 0 Å². The summed E-state index contributed by atoms with van der Waals surface area (Å²) in [6.45, 7) is 1.96. The number of ether oxygens (including phenoxy) is 1. The van der Waals surface area contributed by atoms with Crippen LogP contribution in [0.15, 0.2) is 36.4 Å². The fraction of sp³-hybridized carbons (Fsp3) is 0.389. The molecule has 1 aromatic carbocycles. The van der Waals surface area contributed by atoms with Gasteiger partial charge < -0.3 is 15.0 Å². The molecule has 0 spiro atoms. The SMILES string of the molecule is COc1ccccc1CNC(=O)[C@H]1CCCN(c2ccc(Cl)nn2)C1. The highest BCUT2D eigenvalue weighted by molar-refractivity contribution is 6.29. The molecule has 1 aromatic heterocycles. The monoisotopic (exact) mass is 360 g/mol. The lowest BCUT2D eigenvalue weighted by molar-refractivity contribution is -0.125. The van der Waals surface area contributed by atoms with Crippen molar-refractivity contribution in [2.24, 2.45) is 5.92 Å². The minimum atomic E-state index is -0.0686. The summed E-state index contributed by atoms with van der Waals surface area (Å²) in [5.74, 6) is 1.52. The van der Waals surface area contributed by atoms with Crippen LogP contribution in [0, 0.1) is 5.92 Å². The fourth-order valence-corrected chi connectivity index (χ4v) is 3.15. The van der Waals surface area contributed by atoms with Crippen molar-refractivity contribution in [3.05, 3.63) is 47.1 Å². The highest BCUT2D eigenvalue weighted by Crippen LogP contribution is 2.22. The van der Waals surface area contributed by atoms with Crippen LogP contribution in [0.3, 0.4) is 0 Å². The molecule has 2 aromatic rings. The number of methoxy groups -OCH3 is 1. The average molecular weight is 361 g/mol. The van der Waals surface area contributed by atoms with Crippen LogP contribution in [0.5, 0.6) is 5.75 Å². The molecule has 1 amide bonds. The van der Waals surface area contributed by atoms with E-state index in [-0.39, 0.29) is 11.8 Å². The maximum atomic E-state index is 12.6. The van der Waals surface area contributed by atoms with E-state index in [1.807, 2.05) is 30.3 Å². The molecular formula is C18H21ClN4O2. The molecule has 1 fully saturated rings. The van der Waals surface area contributed by atoms with Gasteiger partial charge in [-0.05, 0) is 31.0 Å². The van der Waals surface area contributed by atoms with Gasteiger partial charge in [-0.2, -0.15) is 0 Å². The van der Waals surface area contributed by atoms with E-state index >= 15 is 0 Å². The van der Waals surface area contributed by atoms with Crippen LogP contribution in [0.4, 0.5) is 5.82 Å². The predicted octanol–water partition coefficient (Wildman–Crippen LogP) is 2.67. The Morgan fingerprint density at radius 1 is 1.32 bits per heavy atom. The van der Waals surface area contributed by atoms with Gasteiger partial charge in [-0.3, -0.25) is 4.79 Å². The van der Waals surface area contributed by atoms with Gasteiger partial charge in [-0.1, -0.05) is 29.8 Å². The van der Waals surface area contributed by atoms with Crippen LogP contribution >= 0.6 is 11.6 Å². The van der Waals surface area contributed by atoms with E-state index in [9.17, 15) is 4.79 Å². The molecule has 0 saturated carbocycles. The zero-order chi connectivity index (χ0) is 17.6. The molecule has 0 aliphatic carbocycles. The summed E-state index contributed by atoms with van der Waals surface area (Å²) in [5.41, 5.74) is 0.967. The second kappa shape index (κ2) is 8.16. The lowest BCUT2D eigenvalue weighted by atomic mass is 9.97. The minimum absolute atomic E-state index is 0.0533. The number of anilines is 1. The quantitative estimate of drug-likeness (QED) is 0.887. The highest BCUT2D eigenvalue weighted by Gasteiger charge is 2.26. The molecule has 1 N–H and O–H groups in total. The van der Waals surface area contributed by atoms with Crippen molar-refractivity contribution in [3.8, 4) is 5.75 Å². The first-order valence-electron chi connectivity index (χ1n) is 8.31. The number of halogens is 1. The Hall–Kier alpha value is -2.34. The maximum absolute atomic E-state index is 12.6. The highest BCUT2D eigenvalue weighted by atomic mass is 35.5.